The lowest BCUT2D eigenvalue weighted by Gasteiger charge is -2.18. The summed E-state index contributed by atoms with van der Waals surface area (Å²) < 4.78 is 51.6. The predicted octanol–water partition coefficient (Wildman–Crippen LogP) is 2.43. The van der Waals surface area contributed by atoms with Gasteiger partial charge in [0.05, 0.1) is 9.79 Å². The van der Waals surface area contributed by atoms with Crippen molar-refractivity contribution in [1.82, 2.24) is 4.72 Å². The van der Waals surface area contributed by atoms with Crippen LogP contribution in [0.3, 0.4) is 0 Å². The average Bonchev–Trinajstić information content (AvgIpc) is 3.45. The van der Waals surface area contributed by atoms with Crippen LogP contribution in [0.5, 0.6) is 0 Å². The van der Waals surface area contributed by atoms with Crippen molar-refractivity contribution in [1.29, 1.82) is 0 Å². The van der Waals surface area contributed by atoms with Crippen LogP contribution >= 0.6 is 0 Å². The molecule has 1 heterocycles. The highest BCUT2D eigenvalue weighted by atomic mass is 32.2. The van der Waals surface area contributed by atoms with Gasteiger partial charge in [-0.1, -0.05) is 12.1 Å². The van der Waals surface area contributed by atoms with Gasteiger partial charge >= 0.3 is 0 Å². The zero-order valence-corrected chi connectivity index (χ0v) is 18.5. The summed E-state index contributed by atoms with van der Waals surface area (Å²) in [6.07, 6.45) is 3.63. The number of carbonyl (C=O) groups is 1. The lowest BCUT2D eigenvalue weighted by atomic mass is 10.1. The minimum absolute atomic E-state index is 0.121. The number of carbonyl (C=O) groups excluding carboxylic acids is 1. The molecule has 1 fully saturated rings. The molecule has 0 bridgehead atoms. The summed E-state index contributed by atoms with van der Waals surface area (Å²) in [6, 6.07) is 10.5. The van der Waals surface area contributed by atoms with E-state index in [1.54, 1.807) is 36.1 Å². The maximum absolute atomic E-state index is 12.9. The Morgan fingerprint density at radius 1 is 1.03 bits per heavy atom. The van der Waals surface area contributed by atoms with Crippen LogP contribution in [-0.2, 0) is 31.1 Å². The first-order chi connectivity index (χ1) is 14.1. The summed E-state index contributed by atoms with van der Waals surface area (Å²) in [4.78, 5) is 14.5. The normalized spacial score (nSPS) is 17.6. The van der Waals surface area contributed by atoms with Crippen molar-refractivity contribution in [2.24, 2.45) is 5.92 Å². The van der Waals surface area contributed by atoms with E-state index in [9.17, 15) is 21.6 Å². The monoisotopic (exact) mass is 448 g/mol. The van der Waals surface area contributed by atoms with E-state index < -0.39 is 25.9 Å². The highest BCUT2D eigenvalue weighted by Crippen LogP contribution is 2.37. The summed E-state index contributed by atoms with van der Waals surface area (Å²) in [5.74, 6) is 0.254. The van der Waals surface area contributed by atoms with Gasteiger partial charge < -0.3 is 4.90 Å². The molecule has 1 aliphatic heterocycles. The smallest absolute Gasteiger partial charge is 0.241 e. The molecule has 2 aliphatic rings. The maximum atomic E-state index is 12.9. The number of amides is 1. The second-order valence-electron chi connectivity index (χ2n) is 7.99. The fourth-order valence-electron chi connectivity index (χ4n) is 3.70. The van der Waals surface area contributed by atoms with E-state index in [2.05, 4.69) is 4.72 Å². The molecule has 1 N–H and O–H groups in total. The Kier molecular flexibility index (Phi) is 5.24. The van der Waals surface area contributed by atoms with Gasteiger partial charge in [-0.15, -0.1) is 0 Å². The van der Waals surface area contributed by atoms with Gasteiger partial charge in [-0.3, -0.25) is 4.79 Å². The molecule has 4 rings (SSSR count). The first kappa shape index (κ1) is 21.0. The molecule has 0 aromatic heterocycles. The number of hydrogen-bond acceptors (Lipinski definition) is 5. The van der Waals surface area contributed by atoms with Crippen molar-refractivity contribution in [2.45, 2.75) is 42.0 Å². The number of benzene rings is 2. The van der Waals surface area contributed by atoms with Crippen LogP contribution in [0.2, 0.25) is 0 Å². The molecule has 1 amide bonds. The second kappa shape index (κ2) is 7.47. The Balaban J connectivity index is 1.52. The van der Waals surface area contributed by atoms with Gasteiger partial charge in [0.25, 0.3) is 0 Å². The fourth-order valence-corrected chi connectivity index (χ4v) is 5.61. The highest BCUT2D eigenvalue weighted by Gasteiger charge is 2.36. The number of fused-ring (bicyclic) bond motifs is 1. The third kappa shape index (κ3) is 4.14. The molecular formula is C21H24N2O5S2. The Morgan fingerprint density at radius 3 is 2.27 bits per heavy atom. The van der Waals surface area contributed by atoms with Gasteiger partial charge in [-0.05, 0) is 67.6 Å². The topological polar surface area (TPSA) is 101 Å². The highest BCUT2D eigenvalue weighted by molar-refractivity contribution is 7.90. The Labute approximate surface area is 177 Å². The summed E-state index contributed by atoms with van der Waals surface area (Å²) in [5, 5.41) is 0. The van der Waals surface area contributed by atoms with Crippen molar-refractivity contribution in [3.63, 3.8) is 0 Å². The zero-order valence-electron chi connectivity index (χ0n) is 16.8. The molecule has 1 aliphatic carbocycles. The molecule has 160 valence electrons. The summed E-state index contributed by atoms with van der Waals surface area (Å²) in [7, 11) is -7.09. The molecule has 7 nitrogen and oxygen atoms in total. The van der Waals surface area contributed by atoms with Gasteiger partial charge in [0.2, 0.25) is 15.9 Å². The van der Waals surface area contributed by atoms with Crippen molar-refractivity contribution < 1.29 is 21.6 Å². The molecule has 1 unspecified atom stereocenters. The second-order valence-corrected chi connectivity index (χ2v) is 11.7. The third-order valence-electron chi connectivity index (χ3n) is 5.59. The molecule has 0 radical (unpaired) electrons. The van der Waals surface area contributed by atoms with E-state index in [-0.39, 0.29) is 21.6 Å². The summed E-state index contributed by atoms with van der Waals surface area (Å²) in [5.41, 5.74) is 2.32. The number of nitrogens with one attached hydrogen (secondary N) is 1. The quantitative estimate of drug-likeness (QED) is 0.732. The van der Waals surface area contributed by atoms with Gasteiger partial charge in [-0.25, -0.2) is 21.6 Å². The molecule has 2 aromatic rings. The van der Waals surface area contributed by atoms with Crippen LogP contribution in [0.4, 0.5) is 5.69 Å². The van der Waals surface area contributed by atoms with E-state index in [1.165, 1.54) is 18.2 Å². The Hall–Kier alpha value is -2.23. The van der Waals surface area contributed by atoms with Crippen LogP contribution in [0.1, 0.15) is 36.9 Å². The standard InChI is InChI=1S/C21H24N2O5S2/c1-14(15-5-7-18(8-6-15)29(2,25)26)22-30(27,28)19-9-10-20-17(13-19)11-12-23(20)21(24)16-3-4-16/h5-10,13-14,16,22H,3-4,11-12H2,1-2H3. The van der Waals surface area contributed by atoms with Crippen LogP contribution in [0.15, 0.2) is 52.3 Å². The van der Waals surface area contributed by atoms with Crippen molar-refractivity contribution in [3.05, 3.63) is 53.6 Å². The third-order valence-corrected chi connectivity index (χ3v) is 8.26. The predicted molar refractivity (Wildman–Crippen MR) is 114 cm³/mol. The minimum atomic E-state index is -3.78. The first-order valence-electron chi connectivity index (χ1n) is 9.83. The van der Waals surface area contributed by atoms with Crippen molar-refractivity contribution in [3.8, 4) is 0 Å². The lowest BCUT2D eigenvalue weighted by Crippen LogP contribution is -2.30. The SMILES string of the molecule is CC(NS(=O)(=O)c1ccc2c(c1)CCN2C(=O)C1CC1)c1ccc(S(C)(=O)=O)cc1. The molecule has 9 heteroatoms. The molecule has 1 saturated carbocycles. The van der Waals surface area contributed by atoms with E-state index in [0.29, 0.717) is 18.5 Å². The van der Waals surface area contributed by atoms with Crippen LogP contribution in [-0.4, -0.2) is 35.5 Å². The largest absolute Gasteiger partial charge is 0.312 e. The molecular weight excluding hydrogens is 424 g/mol. The molecule has 0 saturated heterocycles. The lowest BCUT2D eigenvalue weighted by molar-refractivity contribution is -0.119. The molecule has 30 heavy (non-hydrogen) atoms. The van der Waals surface area contributed by atoms with Crippen LogP contribution in [0.25, 0.3) is 0 Å². The Morgan fingerprint density at radius 2 is 1.67 bits per heavy atom. The van der Waals surface area contributed by atoms with Gasteiger partial charge in [0.15, 0.2) is 9.84 Å². The zero-order chi connectivity index (χ0) is 21.7. The number of nitrogens with zero attached hydrogens (tertiary/aromatic N) is 1. The number of hydrogen-bond donors (Lipinski definition) is 1. The van der Waals surface area contributed by atoms with Gasteiger partial charge in [0.1, 0.15) is 0 Å². The maximum Gasteiger partial charge on any atom is 0.241 e. The van der Waals surface area contributed by atoms with Crippen LogP contribution < -0.4 is 9.62 Å². The summed E-state index contributed by atoms with van der Waals surface area (Å²) in [6.45, 7) is 2.29. The van der Waals surface area contributed by atoms with Gasteiger partial charge in [-0.2, -0.15) is 0 Å². The molecule has 0 spiro atoms. The number of anilines is 1. The number of sulfone groups is 1. The fraction of sp³-hybridized carbons (Fsp3) is 0.381. The van der Waals surface area contributed by atoms with E-state index in [1.807, 2.05) is 0 Å². The molecule has 2 aromatic carbocycles. The van der Waals surface area contributed by atoms with Crippen LogP contribution in [0, 0.1) is 5.92 Å². The average molecular weight is 449 g/mol. The Bertz CT molecular complexity index is 1200. The van der Waals surface area contributed by atoms with Gasteiger partial charge in [0, 0.05) is 30.4 Å². The minimum Gasteiger partial charge on any atom is -0.312 e. The first-order valence-corrected chi connectivity index (χ1v) is 13.2. The number of sulfonamides is 1. The molecule has 1 atom stereocenters. The van der Waals surface area contributed by atoms with Crippen molar-refractivity contribution in [2.75, 3.05) is 17.7 Å². The van der Waals surface area contributed by atoms with E-state index >= 15 is 0 Å². The summed E-state index contributed by atoms with van der Waals surface area (Å²) >= 11 is 0. The van der Waals surface area contributed by atoms with E-state index in [4.69, 9.17) is 0 Å². The van der Waals surface area contributed by atoms with E-state index in [0.717, 1.165) is 30.3 Å². The van der Waals surface area contributed by atoms with Crippen molar-refractivity contribution >= 4 is 31.5 Å². The number of rotatable bonds is 6.